The minimum Gasteiger partial charge on any atom is -0.493 e. The van der Waals surface area contributed by atoms with E-state index in [2.05, 4.69) is 11.4 Å². The quantitative estimate of drug-likeness (QED) is 0.642. The van der Waals surface area contributed by atoms with Gasteiger partial charge in [0.25, 0.3) is 0 Å². The number of aryl methyl sites for hydroxylation is 1. The Labute approximate surface area is 153 Å². The first-order valence-corrected chi connectivity index (χ1v) is 8.05. The molecule has 1 unspecified atom stereocenters. The molecule has 0 amide bonds. The zero-order valence-electron chi connectivity index (χ0n) is 14.3. The van der Waals surface area contributed by atoms with Gasteiger partial charge in [-0.25, -0.2) is 0 Å². The molecule has 0 spiro atoms. The highest BCUT2D eigenvalue weighted by molar-refractivity contribution is 6.46. The highest BCUT2D eigenvalue weighted by Crippen LogP contribution is 2.34. The Kier molecular flexibility index (Phi) is 6.39. The molecule has 0 radical (unpaired) electrons. The second-order valence-corrected chi connectivity index (χ2v) is 6.08. The Morgan fingerprint density at radius 3 is 2.36 bits per heavy atom. The standard InChI is InChI=1S/C19H21NO4.ClH/c1-23-18-9-13-4-5-15(8-14(13)10-19(18)24-2)20-11-12-3-6-16(21)17(22)7-12;/h3,6-7,9-10,15,20H,4-5,8,11H2,1-2H3;1H. The Balaban J connectivity index is 0.00000225. The van der Waals surface area contributed by atoms with Gasteiger partial charge in [-0.05, 0) is 60.2 Å². The highest BCUT2D eigenvalue weighted by atomic mass is 35.5. The monoisotopic (exact) mass is 363 g/mol. The predicted octanol–water partition coefficient (Wildman–Crippen LogP) is 2.21. The van der Waals surface area contributed by atoms with Crippen LogP contribution in [0.3, 0.4) is 0 Å². The molecule has 0 heterocycles. The average Bonchev–Trinajstić information content (AvgIpc) is 2.61. The first-order chi connectivity index (χ1) is 11.6. The number of carbonyl (C=O) groups excluding carboxylic acids is 2. The molecule has 6 heteroatoms. The molecule has 2 aliphatic carbocycles. The van der Waals surface area contributed by atoms with Crippen LogP contribution in [0.1, 0.15) is 17.5 Å². The summed E-state index contributed by atoms with van der Waals surface area (Å²) in [6.07, 6.45) is 7.36. The highest BCUT2D eigenvalue weighted by Gasteiger charge is 2.21. The number of methoxy groups -OCH3 is 2. The summed E-state index contributed by atoms with van der Waals surface area (Å²) in [4.78, 5) is 22.6. The van der Waals surface area contributed by atoms with Gasteiger partial charge >= 0.3 is 0 Å². The Hall–Kier alpha value is -2.11. The van der Waals surface area contributed by atoms with Crippen LogP contribution in [0.15, 0.2) is 35.9 Å². The molecule has 1 N–H and O–H groups in total. The Morgan fingerprint density at radius 2 is 1.72 bits per heavy atom. The third-order valence-corrected chi connectivity index (χ3v) is 4.54. The molecule has 1 aromatic rings. The van der Waals surface area contributed by atoms with Gasteiger partial charge in [-0.2, -0.15) is 0 Å². The summed E-state index contributed by atoms with van der Waals surface area (Å²) in [6, 6.07) is 4.43. The van der Waals surface area contributed by atoms with E-state index in [4.69, 9.17) is 9.47 Å². The first-order valence-electron chi connectivity index (χ1n) is 8.05. The molecule has 3 rings (SSSR count). The molecule has 2 aliphatic rings. The second-order valence-electron chi connectivity index (χ2n) is 6.08. The molecule has 25 heavy (non-hydrogen) atoms. The lowest BCUT2D eigenvalue weighted by Gasteiger charge is -2.27. The van der Waals surface area contributed by atoms with E-state index >= 15 is 0 Å². The zero-order valence-corrected chi connectivity index (χ0v) is 15.2. The molecule has 5 nitrogen and oxygen atoms in total. The summed E-state index contributed by atoms with van der Waals surface area (Å²) < 4.78 is 10.7. The van der Waals surface area contributed by atoms with Crippen molar-refractivity contribution in [3.8, 4) is 11.5 Å². The van der Waals surface area contributed by atoms with Crippen molar-refractivity contribution in [3.05, 3.63) is 47.1 Å². The molecular weight excluding hydrogens is 342 g/mol. The summed E-state index contributed by atoms with van der Waals surface area (Å²) in [7, 11) is 3.29. The molecule has 0 aromatic heterocycles. The van der Waals surface area contributed by atoms with Crippen LogP contribution in [0.4, 0.5) is 0 Å². The van der Waals surface area contributed by atoms with Gasteiger partial charge in [-0.15, -0.1) is 12.4 Å². The lowest BCUT2D eigenvalue weighted by Crippen LogP contribution is -2.36. The van der Waals surface area contributed by atoms with Gasteiger partial charge < -0.3 is 14.8 Å². The molecule has 0 fully saturated rings. The van der Waals surface area contributed by atoms with Gasteiger partial charge in [0.1, 0.15) is 0 Å². The van der Waals surface area contributed by atoms with Gasteiger partial charge in [0.05, 0.1) is 14.2 Å². The molecule has 0 bridgehead atoms. The number of halogens is 1. The minimum absolute atomic E-state index is 0. The fourth-order valence-corrected chi connectivity index (χ4v) is 3.18. The van der Waals surface area contributed by atoms with Crippen LogP contribution >= 0.6 is 12.4 Å². The number of hydrogen-bond acceptors (Lipinski definition) is 5. The SMILES string of the molecule is COc1cc2c(cc1OC)CC(NCC1=CC(=O)C(=O)C=C1)CC2.Cl. The van der Waals surface area contributed by atoms with Crippen LogP contribution < -0.4 is 14.8 Å². The topological polar surface area (TPSA) is 64.6 Å². The molecule has 1 atom stereocenters. The smallest absolute Gasteiger partial charge is 0.226 e. The van der Waals surface area contributed by atoms with E-state index < -0.39 is 11.6 Å². The van der Waals surface area contributed by atoms with Crippen molar-refractivity contribution in [2.75, 3.05) is 20.8 Å². The van der Waals surface area contributed by atoms with Crippen molar-refractivity contribution in [2.45, 2.75) is 25.3 Å². The molecule has 1 aromatic carbocycles. The molecular formula is C19H22ClNO4. The van der Waals surface area contributed by atoms with Crippen LogP contribution in [-0.2, 0) is 22.4 Å². The van der Waals surface area contributed by atoms with E-state index in [1.54, 1.807) is 20.3 Å². The lowest BCUT2D eigenvalue weighted by atomic mass is 9.87. The number of fused-ring (bicyclic) bond motifs is 1. The van der Waals surface area contributed by atoms with Gasteiger partial charge in [-0.3, -0.25) is 9.59 Å². The summed E-state index contributed by atoms with van der Waals surface area (Å²) in [5.41, 5.74) is 3.40. The number of hydrogen-bond donors (Lipinski definition) is 1. The van der Waals surface area contributed by atoms with E-state index in [9.17, 15) is 9.59 Å². The fraction of sp³-hybridized carbons (Fsp3) is 0.368. The zero-order chi connectivity index (χ0) is 17.1. The maximum Gasteiger partial charge on any atom is 0.226 e. The van der Waals surface area contributed by atoms with Gasteiger partial charge in [0.15, 0.2) is 11.5 Å². The minimum atomic E-state index is -0.452. The van der Waals surface area contributed by atoms with Crippen molar-refractivity contribution in [1.82, 2.24) is 5.32 Å². The number of ketones is 2. The van der Waals surface area contributed by atoms with Crippen molar-refractivity contribution >= 4 is 24.0 Å². The van der Waals surface area contributed by atoms with Gasteiger partial charge in [-0.1, -0.05) is 6.08 Å². The van der Waals surface area contributed by atoms with Crippen LogP contribution in [0.25, 0.3) is 0 Å². The van der Waals surface area contributed by atoms with E-state index in [1.807, 2.05) is 6.07 Å². The number of rotatable bonds is 5. The third-order valence-electron chi connectivity index (χ3n) is 4.54. The van der Waals surface area contributed by atoms with Gasteiger partial charge in [0, 0.05) is 12.6 Å². The number of nitrogens with one attached hydrogen (secondary N) is 1. The largest absolute Gasteiger partial charge is 0.493 e. The van der Waals surface area contributed by atoms with Crippen molar-refractivity contribution in [3.63, 3.8) is 0 Å². The van der Waals surface area contributed by atoms with Crippen LogP contribution in [0.2, 0.25) is 0 Å². The van der Waals surface area contributed by atoms with E-state index in [1.165, 1.54) is 23.3 Å². The summed E-state index contributed by atoms with van der Waals surface area (Å²) in [6.45, 7) is 0.586. The first kappa shape index (κ1) is 19.2. The Morgan fingerprint density at radius 1 is 1.04 bits per heavy atom. The van der Waals surface area contributed by atoms with E-state index in [0.29, 0.717) is 12.6 Å². The van der Waals surface area contributed by atoms with Crippen LogP contribution in [0.5, 0.6) is 11.5 Å². The number of benzene rings is 1. The van der Waals surface area contributed by atoms with Crippen LogP contribution in [0, 0.1) is 0 Å². The predicted molar refractivity (Wildman–Crippen MR) is 97.8 cm³/mol. The van der Waals surface area contributed by atoms with Crippen LogP contribution in [-0.4, -0.2) is 38.4 Å². The molecule has 0 aliphatic heterocycles. The summed E-state index contributed by atoms with van der Waals surface area (Å²) in [5, 5.41) is 3.48. The fourth-order valence-electron chi connectivity index (χ4n) is 3.18. The number of allylic oxidation sites excluding steroid dienone is 2. The third kappa shape index (κ3) is 4.30. The maximum absolute atomic E-state index is 11.4. The maximum atomic E-state index is 11.4. The van der Waals surface area contributed by atoms with Crippen molar-refractivity contribution in [2.24, 2.45) is 0 Å². The Bertz CT molecular complexity index is 739. The second kappa shape index (κ2) is 8.32. The number of carbonyl (C=O) groups is 2. The lowest BCUT2D eigenvalue weighted by molar-refractivity contribution is -0.131. The van der Waals surface area contributed by atoms with E-state index in [0.717, 1.165) is 36.3 Å². The molecule has 134 valence electrons. The molecule has 0 saturated heterocycles. The summed E-state index contributed by atoms with van der Waals surface area (Å²) in [5.74, 6) is 0.619. The number of ether oxygens (including phenoxy) is 2. The van der Waals surface area contributed by atoms with E-state index in [-0.39, 0.29) is 12.4 Å². The van der Waals surface area contributed by atoms with Crippen molar-refractivity contribution in [1.29, 1.82) is 0 Å². The normalized spacial score (nSPS) is 19.0. The average molecular weight is 364 g/mol. The summed E-state index contributed by atoms with van der Waals surface area (Å²) >= 11 is 0. The van der Waals surface area contributed by atoms with Crippen molar-refractivity contribution < 1.29 is 19.1 Å². The molecule has 0 saturated carbocycles. The van der Waals surface area contributed by atoms with Gasteiger partial charge in [0.2, 0.25) is 11.6 Å².